The number of allylic oxidation sites excluding steroid dienone is 1. The number of hydrogen-bond acceptors (Lipinski definition) is 6. The Bertz CT molecular complexity index is 970. The van der Waals surface area contributed by atoms with E-state index in [1.54, 1.807) is 6.26 Å². The average molecular weight is 450 g/mol. The van der Waals surface area contributed by atoms with Gasteiger partial charge in [-0.05, 0) is 43.9 Å². The lowest BCUT2D eigenvalue weighted by Gasteiger charge is -2.41. The van der Waals surface area contributed by atoms with Gasteiger partial charge in [-0.3, -0.25) is 4.79 Å². The maximum Gasteiger partial charge on any atom is 0.337 e. The van der Waals surface area contributed by atoms with Crippen LogP contribution in [0.1, 0.15) is 38.7 Å². The van der Waals surface area contributed by atoms with Crippen LogP contribution in [0.15, 0.2) is 72.7 Å². The summed E-state index contributed by atoms with van der Waals surface area (Å²) in [4.78, 5) is 28.4. The summed E-state index contributed by atoms with van der Waals surface area (Å²) in [6, 6.07) is 18.7. The quantitative estimate of drug-likeness (QED) is 0.410. The Morgan fingerprint density at radius 2 is 1.76 bits per heavy atom. The molecule has 4 rings (SSSR count). The molecule has 2 aromatic rings. The van der Waals surface area contributed by atoms with Gasteiger partial charge in [0.25, 0.3) is 0 Å². The van der Waals surface area contributed by atoms with Crippen molar-refractivity contribution in [2.75, 3.05) is 18.2 Å². The van der Waals surface area contributed by atoms with Crippen LogP contribution in [0.2, 0.25) is 0 Å². The molecular formula is C27H31NO5. The van der Waals surface area contributed by atoms with E-state index in [2.05, 4.69) is 12.1 Å². The molecule has 0 aliphatic carbocycles. The van der Waals surface area contributed by atoms with Crippen molar-refractivity contribution in [3.63, 3.8) is 0 Å². The highest BCUT2D eigenvalue weighted by molar-refractivity contribution is 6.08. The highest BCUT2D eigenvalue weighted by Crippen LogP contribution is 2.37. The van der Waals surface area contributed by atoms with Gasteiger partial charge in [0.1, 0.15) is 17.6 Å². The SMILES string of the molecule is CCCN(c1ccccc1)C1C(=O)CC(C)(CC(Cc2ccccc2)C2=COCO2)OC1=O. The Balaban J connectivity index is 1.53. The van der Waals surface area contributed by atoms with Crippen molar-refractivity contribution >= 4 is 17.4 Å². The molecule has 0 radical (unpaired) electrons. The third kappa shape index (κ3) is 5.38. The van der Waals surface area contributed by atoms with E-state index in [9.17, 15) is 9.59 Å². The van der Waals surface area contributed by atoms with E-state index in [-0.39, 0.29) is 24.9 Å². The molecule has 33 heavy (non-hydrogen) atoms. The molecule has 6 nitrogen and oxygen atoms in total. The molecule has 6 heteroatoms. The summed E-state index contributed by atoms with van der Waals surface area (Å²) in [6.07, 6.45) is 3.78. The second kappa shape index (κ2) is 10.1. The lowest BCUT2D eigenvalue weighted by molar-refractivity contribution is -0.172. The van der Waals surface area contributed by atoms with Crippen LogP contribution in [0.25, 0.3) is 0 Å². The molecule has 3 unspecified atom stereocenters. The third-order valence-corrected chi connectivity index (χ3v) is 6.19. The molecule has 1 fully saturated rings. The first kappa shape index (κ1) is 22.9. The summed E-state index contributed by atoms with van der Waals surface area (Å²) in [7, 11) is 0. The minimum absolute atomic E-state index is 0.0714. The van der Waals surface area contributed by atoms with Crippen molar-refractivity contribution in [2.45, 2.75) is 51.2 Å². The number of anilines is 1. The van der Waals surface area contributed by atoms with Crippen LogP contribution in [0.5, 0.6) is 0 Å². The third-order valence-electron chi connectivity index (χ3n) is 6.19. The summed E-state index contributed by atoms with van der Waals surface area (Å²) in [5.41, 5.74) is 1.08. The molecule has 3 atom stereocenters. The standard InChI is InChI=1S/C27H31NO5/c1-3-14-28(22-12-8-5-9-13-22)25-23(29)17-27(2,33-26(25)30)16-21(24-18-31-19-32-24)15-20-10-6-4-7-11-20/h4-13,18,21,25H,3,14-17,19H2,1-2H3. The molecule has 0 bridgehead atoms. The minimum Gasteiger partial charge on any atom is -0.462 e. The summed E-state index contributed by atoms with van der Waals surface area (Å²) in [6.45, 7) is 4.66. The molecular weight excluding hydrogens is 418 g/mol. The number of cyclic esters (lactones) is 1. The lowest BCUT2D eigenvalue weighted by atomic mass is 9.81. The van der Waals surface area contributed by atoms with Gasteiger partial charge in [-0.15, -0.1) is 0 Å². The lowest BCUT2D eigenvalue weighted by Crippen LogP contribution is -2.57. The molecule has 0 amide bonds. The number of rotatable bonds is 9. The smallest absolute Gasteiger partial charge is 0.337 e. The maximum atomic E-state index is 13.4. The molecule has 2 heterocycles. The molecule has 1 saturated heterocycles. The fourth-order valence-electron chi connectivity index (χ4n) is 4.77. The van der Waals surface area contributed by atoms with Crippen molar-refractivity contribution in [2.24, 2.45) is 5.92 Å². The van der Waals surface area contributed by atoms with Gasteiger partial charge in [-0.1, -0.05) is 55.5 Å². The molecule has 2 aliphatic heterocycles. The normalized spacial score (nSPS) is 23.2. The number of para-hydroxylation sites is 1. The zero-order valence-electron chi connectivity index (χ0n) is 19.2. The van der Waals surface area contributed by atoms with Crippen LogP contribution >= 0.6 is 0 Å². The zero-order chi connectivity index (χ0) is 23.3. The monoisotopic (exact) mass is 449 g/mol. The maximum absolute atomic E-state index is 13.4. The number of nitrogens with zero attached hydrogens (tertiary/aromatic N) is 1. The predicted octanol–water partition coefficient (Wildman–Crippen LogP) is 4.64. The van der Waals surface area contributed by atoms with Gasteiger partial charge >= 0.3 is 5.97 Å². The molecule has 0 N–H and O–H groups in total. The second-order valence-corrected chi connectivity index (χ2v) is 8.99. The number of ketones is 1. The Labute approximate surface area is 195 Å². The van der Waals surface area contributed by atoms with E-state index < -0.39 is 17.6 Å². The molecule has 174 valence electrons. The Morgan fingerprint density at radius 1 is 1.06 bits per heavy atom. The van der Waals surface area contributed by atoms with E-state index in [0.717, 1.165) is 23.4 Å². The van der Waals surface area contributed by atoms with E-state index in [0.29, 0.717) is 19.4 Å². The van der Waals surface area contributed by atoms with Crippen molar-refractivity contribution < 1.29 is 23.8 Å². The predicted molar refractivity (Wildman–Crippen MR) is 125 cm³/mol. The van der Waals surface area contributed by atoms with Gasteiger partial charge in [0, 0.05) is 24.6 Å². The summed E-state index contributed by atoms with van der Waals surface area (Å²) < 4.78 is 17.0. The fourth-order valence-corrected chi connectivity index (χ4v) is 4.77. The minimum atomic E-state index is -0.918. The van der Waals surface area contributed by atoms with Gasteiger partial charge < -0.3 is 19.1 Å². The van der Waals surface area contributed by atoms with Crippen molar-refractivity contribution in [3.8, 4) is 0 Å². The van der Waals surface area contributed by atoms with Crippen LogP contribution in [0.3, 0.4) is 0 Å². The Morgan fingerprint density at radius 3 is 2.36 bits per heavy atom. The van der Waals surface area contributed by atoms with Crippen molar-refractivity contribution in [3.05, 3.63) is 78.2 Å². The number of ether oxygens (including phenoxy) is 3. The van der Waals surface area contributed by atoms with E-state index >= 15 is 0 Å². The number of hydrogen-bond donors (Lipinski definition) is 0. The van der Waals surface area contributed by atoms with Crippen LogP contribution in [-0.4, -0.2) is 36.7 Å². The van der Waals surface area contributed by atoms with Gasteiger partial charge in [0.15, 0.2) is 11.8 Å². The first-order valence-corrected chi connectivity index (χ1v) is 11.5. The van der Waals surface area contributed by atoms with Gasteiger partial charge in [0.2, 0.25) is 6.79 Å². The number of Topliss-reactive ketones (excluding diaryl/α,β-unsaturated/α-hetero) is 1. The fraction of sp³-hybridized carbons (Fsp3) is 0.407. The summed E-state index contributed by atoms with van der Waals surface area (Å²) in [5, 5.41) is 0. The topological polar surface area (TPSA) is 65.1 Å². The molecule has 2 aliphatic rings. The molecule has 0 spiro atoms. The van der Waals surface area contributed by atoms with Crippen molar-refractivity contribution in [1.29, 1.82) is 0 Å². The van der Waals surface area contributed by atoms with Crippen LogP contribution in [0.4, 0.5) is 5.69 Å². The van der Waals surface area contributed by atoms with Crippen LogP contribution in [0, 0.1) is 5.92 Å². The number of esters is 1. The largest absolute Gasteiger partial charge is 0.462 e. The molecule has 0 aromatic heterocycles. The highest BCUT2D eigenvalue weighted by Gasteiger charge is 2.48. The number of benzene rings is 2. The highest BCUT2D eigenvalue weighted by atomic mass is 16.7. The average Bonchev–Trinajstić information content (AvgIpc) is 3.34. The van der Waals surface area contributed by atoms with E-state index in [1.165, 1.54) is 0 Å². The second-order valence-electron chi connectivity index (χ2n) is 8.99. The number of carbonyl (C=O) groups excluding carboxylic acids is 2. The van der Waals surface area contributed by atoms with Gasteiger partial charge in [-0.25, -0.2) is 4.79 Å². The van der Waals surface area contributed by atoms with Gasteiger partial charge in [-0.2, -0.15) is 0 Å². The van der Waals surface area contributed by atoms with Crippen molar-refractivity contribution in [1.82, 2.24) is 0 Å². The number of carbonyl (C=O) groups is 2. The first-order chi connectivity index (χ1) is 16.0. The Hall–Kier alpha value is -3.28. The van der Waals surface area contributed by atoms with Crippen LogP contribution in [-0.2, 0) is 30.2 Å². The summed E-state index contributed by atoms with van der Waals surface area (Å²) in [5.74, 6) is 0.0599. The molecule has 0 saturated carbocycles. The van der Waals surface area contributed by atoms with E-state index in [1.807, 2.05) is 67.3 Å². The summed E-state index contributed by atoms with van der Waals surface area (Å²) >= 11 is 0. The van der Waals surface area contributed by atoms with E-state index in [4.69, 9.17) is 14.2 Å². The van der Waals surface area contributed by atoms with Gasteiger partial charge in [0.05, 0.1) is 0 Å². The molecule has 2 aromatic carbocycles. The van der Waals surface area contributed by atoms with Crippen LogP contribution < -0.4 is 4.90 Å². The zero-order valence-corrected chi connectivity index (χ0v) is 19.2. The first-order valence-electron chi connectivity index (χ1n) is 11.5. The Kier molecular flexibility index (Phi) is 7.02.